The summed E-state index contributed by atoms with van der Waals surface area (Å²) in [6, 6.07) is 5.35. The van der Waals surface area contributed by atoms with Crippen LogP contribution in [0.1, 0.15) is 57.8 Å². The highest BCUT2D eigenvalue weighted by atomic mass is 16.6. The number of nitro groups is 2. The molecule has 0 atom stereocenters. The van der Waals surface area contributed by atoms with Gasteiger partial charge in [0.2, 0.25) is 0 Å². The van der Waals surface area contributed by atoms with Crippen molar-refractivity contribution < 1.29 is 9.85 Å². The van der Waals surface area contributed by atoms with Gasteiger partial charge in [-0.1, -0.05) is 0 Å². The summed E-state index contributed by atoms with van der Waals surface area (Å²) < 4.78 is 1.20. The molecule has 3 aliphatic rings. The van der Waals surface area contributed by atoms with Gasteiger partial charge in [-0.3, -0.25) is 20.2 Å². The second-order valence-corrected chi connectivity index (χ2v) is 10.7. The maximum atomic E-state index is 12.5. The number of hydrogen-bond donors (Lipinski definition) is 0. The summed E-state index contributed by atoms with van der Waals surface area (Å²) in [5.41, 5.74) is 2.85. The van der Waals surface area contributed by atoms with Crippen LogP contribution in [0.3, 0.4) is 0 Å². The Morgan fingerprint density at radius 1 is 0.641 bits per heavy atom. The van der Waals surface area contributed by atoms with Gasteiger partial charge >= 0.3 is 11.4 Å². The molecule has 3 aromatic rings. The summed E-state index contributed by atoms with van der Waals surface area (Å²) in [6.07, 6.45) is 9.93. The van der Waals surface area contributed by atoms with Crippen molar-refractivity contribution in [1.29, 1.82) is 0 Å². The molecule has 0 unspecified atom stereocenters. The van der Waals surface area contributed by atoms with Crippen LogP contribution in [0, 0.1) is 20.2 Å². The molecule has 0 spiro atoms. The van der Waals surface area contributed by atoms with Crippen LogP contribution in [0.25, 0.3) is 16.9 Å². The number of benzene rings is 1. The fourth-order valence-electron chi connectivity index (χ4n) is 6.32. The number of hydrogen-bond acceptors (Lipinski definition) is 10. The van der Waals surface area contributed by atoms with E-state index >= 15 is 0 Å². The largest absolute Gasteiger partial charge is 0.371 e. The second-order valence-electron chi connectivity index (χ2n) is 10.7. The molecule has 13 heteroatoms. The van der Waals surface area contributed by atoms with E-state index < -0.39 is 15.5 Å². The molecule has 6 rings (SSSR count). The van der Waals surface area contributed by atoms with Crippen molar-refractivity contribution in [3.63, 3.8) is 0 Å². The van der Waals surface area contributed by atoms with Crippen LogP contribution in [-0.4, -0.2) is 69.2 Å². The third-order valence-corrected chi connectivity index (χ3v) is 8.25. The molecular weight excluding hydrogens is 502 g/mol. The average molecular weight is 536 g/mol. The number of rotatable bonds is 6. The minimum atomic E-state index is -0.668. The van der Waals surface area contributed by atoms with E-state index in [1.807, 2.05) is 0 Å². The first-order valence-electron chi connectivity index (χ1n) is 14.0. The molecular formula is C26H33N9O4. The molecule has 206 valence electrons. The Bertz CT molecular complexity index is 1350. The predicted octanol–water partition coefficient (Wildman–Crippen LogP) is 4.58. The van der Waals surface area contributed by atoms with E-state index in [-0.39, 0.29) is 17.0 Å². The Morgan fingerprint density at radius 2 is 1.13 bits per heavy atom. The molecule has 3 aliphatic heterocycles. The number of anilines is 3. The number of pyridine rings is 1. The normalized spacial score (nSPS) is 18.5. The van der Waals surface area contributed by atoms with Gasteiger partial charge in [-0.2, -0.15) is 4.52 Å². The Balaban J connectivity index is 1.67. The molecule has 3 fully saturated rings. The van der Waals surface area contributed by atoms with Crippen molar-refractivity contribution in [3.05, 3.63) is 38.4 Å². The van der Waals surface area contributed by atoms with Gasteiger partial charge in [-0.15, -0.1) is 5.10 Å². The highest BCUT2D eigenvalue weighted by Gasteiger charge is 2.35. The highest BCUT2D eigenvalue weighted by molar-refractivity contribution is 5.96. The van der Waals surface area contributed by atoms with E-state index in [1.165, 1.54) is 10.9 Å². The average Bonchev–Trinajstić information content (AvgIpc) is 3.47. The number of piperidine rings is 3. The van der Waals surface area contributed by atoms with E-state index in [0.717, 1.165) is 114 Å². The molecule has 0 aliphatic carbocycles. The Morgan fingerprint density at radius 3 is 1.62 bits per heavy atom. The molecule has 0 saturated carbocycles. The zero-order valence-electron chi connectivity index (χ0n) is 22.0. The summed E-state index contributed by atoms with van der Waals surface area (Å²) >= 11 is 0. The topological polar surface area (TPSA) is 139 Å². The molecule has 3 saturated heterocycles. The number of aromatic nitrogens is 4. The van der Waals surface area contributed by atoms with E-state index in [9.17, 15) is 20.2 Å². The minimum absolute atomic E-state index is 0.102. The molecule has 0 radical (unpaired) electrons. The third-order valence-electron chi connectivity index (χ3n) is 8.25. The number of tetrazole rings is 1. The lowest BCUT2D eigenvalue weighted by Crippen LogP contribution is -2.34. The van der Waals surface area contributed by atoms with Crippen LogP contribution in [0.5, 0.6) is 0 Å². The zero-order chi connectivity index (χ0) is 26.9. The van der Waals surface area contributed by atoms with Gasteiger partial charge in [-0.05, 0) is 80.3 Å². The van der Waals surface area contributed by atoms with Gasteiger partial charge in [-0.25, -0.2) is 0 Å². The lowest BCUT2D eigenvalue weighted by molar-refractivity contribution is -0.393. The van der Waals surface area contributed by atoms with Crippen LogP contribution >= 0.6 is 0 Å². The summed E-state index contributed by atoms with van der Waals surface area (Å²) in [7, 11) is 0. The van der Waals surface area contributed by atoms with Crippen LogP contribution < -0.4 is 14.7 Å². The highest BCUT2D eigenvalue weighted by Crippen LogP contribution is 2.48. The first-order valence-corrected chi connectivity index (χ1v) is 14.0. The summed E-state index contributed by atoms with van der Waals surface area (Å²) in [5.74, 6) is 0. The molecule has 0 N–H and O–H groups in total. The molecule has 13 nitrogen and oxygen atoms in total. The van der Waals surface area contributed by atoms with Gasteiger partial charge < -0.3 is 14.7 Å². The van der Waals surface area contributed by atoms with E-state index in [4.69, 9.17) is 0 Å². The van der Waals surface area contributed by atoms with Crippen molar-refractivity contribution in [3.8, 4) is 11.3 Å². The smallest absolute Gasteiger partial charge is 0.322 e. The van der Waals surface area contributed by atoms with Crippen LogP contribution in [0.15, 0.2) is 18.2 Å². The van der Waals surface area contributed by atoms with Gasteiger partial charge in [0.05, 0.1) is 26.8 Å². The van der Waals surface area contributed by atoms with E-state index in [1.54, 1.807) is 0 Å². The van der Waals surface area contributed by atoms with Crippen molar-refractivity contribution in [2.45, 2.75) is 57.8 Å². The van der Waals surface area contributed by atoms with E-state index in [2.05, 4.69) is 42.4 Å². The third kappa shape index (κ3) is 4.70. The van der Waals surface area contributed by atoms with Gasteiger partial charge in [0.15, 0.2) is 5.69 Å². The van der Waals surface area contributed by atoms with Crippen molar-refractivity contribution >= 4 is 34.1 Å². The fourth-order valence-corrected chi connectivity index (χ4v) is 6.32. The summed E-state index contributed by atoms with van der Waals surface area (Å²) in [5, 5.41) is 36.0. The number of nitrogens with zero attached hydrogens (tertiary/aromatic N) is 9. The lowest BCUT2D eigenvalue weighted by Gasteiger charge is -2.38. The van der Waals surface area contributed by atoms with E-state index in [0.29, 0.717) is 5.56 Å². The molecule has 2 aromatic heterocycles. The van der Waals surface area contributed by atoms with Gasteiger partial charge in [0, 0.05) is 45.0 Å². The SMILES string of the molecule is O=[N+]([O-])c1cc([N+](=O)[O-])c2nnnn2c1-c1c(N2CCCCC2)cc(N2CCCCC2)cc1N1CCCCC1. The van der Waals surface area contributed by atoms with Crippen molar-refractivity contribution in [2.75, 3.05) is 54.0 Å². The summed E-state index contributed by atoms with van der Waals surface area (Å²) in [6.45, 7) is 5.33. The Hall–Kier alpha value is -4.03. The quantitative estimate of drug-likeness (QED) is 0.325. The maximum Gasteiger partial charge on any atom is 0.322 e. The predicted molar refractivity (Wildman–Crippen MR) is 148 cm³/mol. The fraction of sp³-hybridized carbons (Fsp3) is 0.577. The van der Waals surface area contributed by atoms with Crippen LogP contribution in [0.2, 0.25) is 0 Å². The Kier molecular flexibility index (Phi) is 6.88. The molecule has 0 bridgehead atoms. The molecule has 1 aromatic carbocycles. The molecule has 0 amide bonds. The standard InChI is InChI=1S/C26H33N9O4/c36-34(37)22-18-23(35(38)39)26-27-28-29-33(26)25(22)24-20(31-12-6-2-7-13-31)16-19(30-10-4-1-5-11-30)17-21(24)32-14-8-3-9-15-32/h16-18H,1-15H2. The zero-order valence-corrected chi connectivity index (χ0v) is 22.0. The van der Waals surface area contributed by atoms with Gasteiger partial charge in [0.1, 0.15) is 6.07 Å². The molecule has 39 heavy (non-hydrogen) atoms. The monoisotopic (exact) mass is 535 g/mol. The number of fused-ring (bicyclic) bond motifs is 1. The van der Waals surface area contributed by atoms with Crippen molar-refractivity contribution in [2.24, 2.45) is 0 Å². The van der Waals surface area contributed by atoms with Gasteiger partial charge in [0.25, 0.3) is 5.65 Å². The molecule has 5 heterocycles. The lowest BCUT2D eigenvalue weighted by atomic mass is 9.97. The summed E-state index contributed by atoms with van der Waals surface area (Å²) in [4.78, 5) is 30.2. The minimum Gasteiger partial charge on any atom is -0.371 e. The van der Waals surface area contributed by atoms with Crippen LogP contribution in [-0.2, 0) is 0 Å². The van der Waals surface area contributed by atoms with Crippen LogP contribution in [0.4, 0.5) is 28.4 Å². The first-order chi connectivity index (χ1) is 19.0. The second kappa shape index (κ2) is 10.6. The Labute approximate surface area is 225 Å². The first kappa shape index (κ1) is 25.3. The van der Waals surface area contributed by atoms with Crippen molar-refractivity contribution in [1.82, 2.24) is 20.0 Å². The maximum absolute atomic E-state index is 12.5.